The Morgan fingerprint density at radius 3 is 2.60 bits per heavy atom. The van der Waals surface area contributed by atoms with Gasteiger partial charge in [0.2, 0.25) is 15.9 Å². The number of Topliss-reactive ketones (excluding diaryl/α,β-unsaturated/α-hetero) is 1. The normalized spacial score (nSPS) is 16.8. The van der Waals surface area contributed by atoms with E-state index in [1.807, 2.05) is 24.3 Å². The Bertz CT molecular complexity index is 1170. The molecule has 1 aliphatic heterocycles. The van der Waals surface area contributed by atoms with Crippen molar-refractivity contribution < 1.29 is 18.0 Å². The second kappa shape index (κ2) is 8.25. The first kappa shape index (κ1) is 20.6. The molecular weight excluding hydrogens is 422 g/mol. The van der Waals surface area contributed by atoms with Crippen LogP contribution in [0.5, 0.6) is 0 Å². The molecule has 0 saturated carbocycles. The fourth-order valence-corrected chi connectivity index (χ4v) is 5.65. The summed E-state index contributed by atoms with van der Waals surface area (Å²) < 4.78 is 28.5. The van der Waals surface area contributed by atoms with Gasteiger partial charge in [0.05, 0.1) is 27.7 Å². The van der Waals surface area contributed by atoms with E-state index < -0.39 is 10.0 Å². The standard InChI is InChI=1S/C21H21N3O4S2/c1-14(25)15-8-10-16(11-9-15)30(27,28)22-13-20(26)24-12-4-6-18(24)21-23-17-5-2-3-7-19(17)29-21/h2-3,5,7-11,18,22H,4,6,12-13H2,1H3. The second-order valence-corrected chi connectivity index (χ2v) is 10.00. The monoisotopic (exact) mass is 443 g/mol. The van der Waals surface area contributed by atoms with Crippen LogP contribution in [0, 0.1) is 0 Å². The van der Waals surface area contributed by atoms with E-state index in [-0.39, 0.29) is 29.2 Å². The zero-order valence-electron chi connectivity index (χ0n) is 16.4. The Balaban J connectivity index is 1.45. The Morgan fingerprint density at radius 1 is 1.17 bits per heavy atom. The van der Waals surface area contributed by atoms with Crippen molar-refractivity contribution in [2.75, 3.05) is 13.1 Å². The van der Waals surface area contributed by atoms with Crippen molar-refractivity contribution in [3.8, 4) is 0 Å². The number of hydrogen-bond acceptors (Lipinski definition) is 6. The SMILES string of the molecule is CC(=O)c1ccc(S(=O)(=O)NCC(=O)N2CCCC2c2nc3ccccc3s2)cc1. The van der Waals surface area contributed by atoms with Crippen LogP contribution < -0.4 is 4.72 Å². The highest BCUT2D eigenvalue weighted by Crippen LogP contribution is 2.36. The van der Waals surface area contributed by atoms with Gasteiger partial charge in [0.1, 0.15) is 5.01 Å². The summed E-state index contributed by atoms with van der Waals surface area (Å²) in [5.74, 6) is -0.419. The maximum Gasteiger partial charge on any atom is 0.241 e. The zero-order valence-corrected chi connectivity index (χ0v) is 18.0. The van der Waals surface area contributed by atoms with Crippen LogP contribution in [0.3, 0.4) is 0 Å². The Labute approximate surface area is 178 Å². The van der Waals surface area contributed by atoms with Crippen molar-refractivity contribution in [3.05, 3.63) is 59.1 Å². The van der Waals surface area contributed by atoms with Crippen LogP contribution in [0.25, 0.3) is 10.2 Å². The van der Waals surface area contributed by atoms with Crippen LogP contribution in [0.15, 0.2) is 53.4 Å². The maximum atomic E-state index is 12.8. The lowest BCUT2D eigenvalue weighted by atomic mass is 10.2. The molecule has 0 aliphatic carbocycles. The molecule has 0 radical (unpaired) electrons. The number of para-hydroxylation sites is 1. The minimum atomic E-state index is -3.85. The van der Waals surface area contributed by atoms with Crippen molar-refractivity contribution >= 4 is 43.3 Å². The van der Waals surface area contributed by atoms with E-state index in [9.17, 15) is 18.0 Å². The van der Waals surface area contributed by atoms with Crippen LogP contribution in [-0.2, 0) is 14.8 Å². The summed E-state index contributed by atoms with van der Waals surface area (Å²) >= 11 is 1.57. The summed E-state index contributed by atoms with van der Waals surface area (Å²) in [6.45, 7) is 1.67. The molecule has 0 spiro atoms. The molecule has 1 amide bonds. The highest BCUT2D eigenvalue weighted by molar-refractivity contribution is 7.89. The molecule has 3 aromatic rings. The summed E-state index contributed by atoms with van der Waals surface area (Å²) in [5.41, 5.74) is 1.34. The number of benzene rings is 2. The summed E-state index contributed by atoms with van der Waals surface area (Å²) in [7, 11) is -3.85. The van der Waals surface area contributed by atoms with Gasteiger partial charge in [-0.2, -0.15) is 0 Å². The molecule has 30 heavy (non-hydrogen) atoms. The number of carbonyl (C=O) groups is 2. The summed E-state index contributed by atoms with van der Waals surface area (Å²) in [5, 5.41) is 0.879. The first-order valence-corrected chi connectivity index (χ1v) is 11.9. The molecular formula is C21H21N3O4S2. The lowest BCUT2D eigenvalue weighted by Crippen LogP contribution is -2.39. The topological polar surface area (TPSA) is 96.4 Å². The van der Waals surface area contributed by atoms with Gasteiger partial charge in [-0.1, -0.05) is 24.3 Å². The predicted molar refractivity (Wildman–Crippen MR) is 115 cm³/mol. The molecule has 156 valence electrons. The highest BCUT2D eigenvalue weighted by atomic mass is 32.2. The number of nitrogens with one attached hydrogen (secondary N) is 1. The van der Waals surface area contributed by atoms with Gasteiger partial charge in [0.15, 0.2) is 5.78 Å². The van der Waals surface area contributed by atoms with Crippen molar-refractivity contribution in [3.63, 3.8) is 0 Å². The molecule has 9 heteroatoms. The van der Waals surface area contributed by atoms with E-state index in [4.69, 9.17) is 0 Å². The van der Waals surface area contributed by atoms with E-state index in [0.29, 0.717) is 12.1 Å². The summed E-state index contributed by atoms with van der Waals surface area (Å²) in [6, 6.07) is 13.4. The van der Waals surface area contributed by atoms with Crippen molar-refractivity contribution in [2.24, 2.45) is 0 Å². The number of likely N-dealkylation sites (tertiary alicyclic amines) is 1. The predicted octanol–water partition coefficient (Wildman–Crippen LogP) is 3.14. The van der Waals surface area contributed by atoms with Crippen LogP contribution in [-0.4, -0.2) is 43.1 Å². The molecule has 1 atom stereocenters. The fraction of sp³-hybridized carbons (Fsp3) is 0.286. The molecule has 1 unspecified atom stereocenters. The van der Waals surface area contributed by atoms with Gasteiger partial charge in [-0.3, -0.25) is 9.59 Å². The maximum absolute atomic E-state index is 12.8. The number of fused-ring (bicyclic) bond motifs is 1. The molecule has 2 heterocycles. The van der Waals surface area contributed by atoms with Crippen molar-refractivity contribution in [1.82, 2.24) is 14.6 Å². The lowest BCUT2D eigenvalue weighted by Gasteiger charge is -2.23. The van der Waals surface area contributed by atoms with Crippen molar-refractivity contribution in [2.45, 2.75) is 30.7 Å². The smallest absolute Gasteiger partial charge is 0.241 e. The first-order chi connectivity index (χ1) is 14.3. The zero-order chi connectivity index (χ0) is 21.3. The third kappa shape index (κ3) is 4.14. The summed E-state index contributed by atoms with van der Waals surface area (Å²) in [4.78, 5) is 30.5. The quantitative estimate of drug-likeness (QED) is 0.591. The largest absolute Gasteiger partial charge is 0.332 e. The van der Waals surface area contributed by atoms with Gasteiger partial charge in [-0.05, 0) is 44.0 Å². The number of aromatic nitrogens is 1. The molecule has 0 bridgehead atoms. The van der Waals surface area contributed by atoms with E-state index in [1.54, 1.807) is 16.2 Å². The average molecular weight is 444 g/mol. The molecule has 1 aromatic heterocycles. The van der Waals surface area contributed by atoms with Gasteiger partial charge in [-0.15, -0.1) is 11.3 Å². The minimum absolute atomic E-state index is 0.0180. The third-order valence-corrected chi connectivity index (χ3v) is 7.71. The van der Waals surface area contributed by atoms with Crippen LogP contribution >= 0.6 is 11.3 Å². The lowest BCUT2D eigenvalue weighted by molar-refractivity contribution is -0.130. The number of sulfonamides is 1. The second-order valence-electron chi connectivity index (χ2n) is 7.17. The molecule has 1 N–H and O–H groups in total. The fourth-order valence-electron chi connectivity index (χ4n) is 3.56. The number of rotatable bonds is 6. The number of amides is 1. The first-order valence-electron chi connectivity index (χ1n) is 9.61. The Morgan fingerprint density at radius 2 is 1.90 bits per heavy atom. The van der Waals surface area contributed by atoms with E-state index in [0.717, 1.165) is 28.1 Å². The number of carbonyl (C=O) groups excluding carboxylic acids is 2. The van der Waals surface area contributed by atoms with E-state index in [2.05, 4.69) is 9.71 Å². The van der Waals surface area contributed by atoms with Gasteiger partial charge in [0, 0.05) is 12.1 Å². The molecule has 1 fully saturated rings. The highest BCUT2D eigenvalue weighted by Gasteiger charge is 2.32. The molecule has 1 saturated heterocycles. The van der Waals surface area contributed by atoms with Crippen LogP contribution in [0.1, 0.15) is 41.2 Å². The minimum Gasteiger partial charge on any atom is -0.332 e. The van der Waals surface area contributed by atoms with Gasteiger partial charge in [-0.25, -0.2) is 18.1 Å². The Hall–Kier alpha value is -2.62. The van der Waals surface area contributed by atoms with Crippen LogP contribution in [0.4, 0.5) is 0 Å². The molecule has 1 aliphatic rings. The van der Waals surface area contributed by atoms with E-state index in [1.165, 1.54) is 31.2 Å². The van der Waals surface area contributed by atoms with Gasteiger partial charge in [0.25, 0.3) is 0 Å². The van der Waals surface area contributed by atoms with E-state index >= 15 is 0 Å². The number of hydrogen-bond donors (Lipinski definition) is 1. The summed E-state index contributed by atoms with van der Waals surface area (Å²) in [6.07, 6.45) is 1.66. The van der Waals surface area contributed by atoms with Crippen LogP contribution in [0.2, 0.25) is 0 Å². The van der Waals surface area contributed by atoms with Gasteiger partial charge >= 0.3 is 0 Å². The third-order valence-electron chi connectivity index (χ3n) is 5.15. The molecule has 4 rings (SSSR count). The molecule has 7 nitrogen and oxygen atoms in total. The number of nitrogens with zero attached hydrogens (tertiary/aromatic N) is 2. The van der Waals surface area contributed by atoms with Gasteiger partial charge < -0.3 is 4.90 Å². The molecule has 2 aromatic carbocycles. The number of ketones is 1. The number of thiazole rings is 1. The van der Waals surface area contributed by atoms with Crippen molar-refractivity contribution in [1.29, 1.82) is 0 Å². The average Bonchev–Trinajstić information content (AvgIpc) is 3.38. The Kier molecular flexibility index (Phi) is 5.68.